The molecule has 1 aliphatic carbocycles. The van der Waals surface area contributed by atoms with Crippen molar-refractivity contribution in [2.75, 3.05) is 6.61 Å². The molecule has 0 saturated heterocycles. The highest BCUT2D eigenvalue weighted by molar-refractivity contribution is 7.11. The van der Waals surface area contributed by atoms with Gasteiger partial charge in [-0.25, -0.2) is 4.98 Å². The number of rotatable bonds is 5. The molecule has 0 spiro atoms. The number of fused-ring (bicyclic) bond motifs is 1. The normalized spacial score (nSPS) is 22.6. The van der Waals surface area contributed by atoms with Crippen molar-refractivity contribution in [1.82, 2.24) is 10.3 Å². The third kappa shape index (κ3) is 3.31. The van der Waals surface area contributed by atoms with Gasteiger partial charge in [0.2, 0.25) is 0 Å². The maximum absolute atomic E-state index is 9.11. The molecule has 102 valence electrons. The second-order valence-electron chi connectivity index (χ2n) is 5.65. The predicted octanol–water partition coefficient (Wildman–Crippen LogP) is 2.37. The molecule has 4 heteroatoms. The quantitative estimate of drug-likeness (QED) is 0.862. The molecular weight excluding hydrogens is 244 g/mol. The smallest absolute Gasteiger partial charge is 0.107 e. The Kier molecular flexibility index (Phi) is 4.76. The highest BCUT2D eigenvalue weighted by atomic mass is 32.1. The first kappa shape index (κ1) is 14.0. The van der Waals surface area contributed by atoms with E-state index in [1.807, 2.05) is 11.3 Å². The maximum Gasteiger partial charge on any atom is 0.107 e. The number of aliphatic hydroxyl groups excluding tert-OH is 1. The fraction of sp³-hybridized carbons (Fsp3) is 0.786. The third-order valence-electron chi connectivity index (χ3n) is 3.95. The summed E-state index contributed by atoms with van der Waals surface area (Å²) in [4.78, 5) is 6.23. The fourth-order valence-electron chi connectivity index (χ4n) is 2.28. The number of nitrogens with one attached hydrogen (secondary N) is 1. The van der Waals surface area contributed by atoms with Crippen LogP contribution in [0.15, 0.2) is 0 Å². The standard InChI is InChI=1S/C14H24N2OS/c1-9-4-5-12-13(6-9)18-14(16-12)7-15-11(3)10(2)8-17/h9-11,15,17H,4-8H2,1-3H3. The van der Waals surface area contributed by atoms with E-state index >= 15 is 0 Å². The number of thiazole rings is 1. The molecule has 1 aromatic heterocycles. The molecule has 18 heavy (non-hydrogen) atoms. The van der Waals surface area contributed by atoms with Gasteiger partial charge in [-0.15, -0.1) is 11.3 Å². The number of aromatic nitrogens is 1. The summed E-state index contributed by atoms with van der Waals surface area (Å²) in [6, 6.07) is 0.329. The van der Waals surface area contributed by atoms with Crippen LogP contribution in [0.1, 0.15) is 42.8 Å². The Morgan fingerprint density at radius 1 is 1.50 bits per heavy atom. The molecule has 1 aromatic rings. The lowest BCUT2D eigenvalue weighted by molar-refractivity contribution is 0.207. The van der Waals surface area contributed by atoms with E-state index < -0.39 is 0 Å². The van der Waals surface area contributed by atoms with E-state index in [0.29, 0.717) is 12.0 Å². The summed E-state index contributed by atoms with van der Waals surface area (Å²) in [6.07, 6.45) is 3.63. The summed E-state index contributed by atoms with van der Waals surface area (Å²) >= 11 is 1.86. The van der Waals surface area contributed by atoms with Crippen LogP contribution in [0, 0.1) is 11.8 Å². The van der Waals surface area contributed by atoms with Crippen molar-refractivity contribution in [3.8, 4) is 0 Å². The summed E-state index contributed by atoms with van der Waals surface area (Å²) < 4.78 is 0. The Morgan fingerprint density at radius 3 is 3.00 bits per heavy atom. The van der Waals surface area contributed by atoms with E-state index in [-0.39, 0.29) is 6.61 Å². The number of hydrogen-bond donors (Lipinski definition) is 2. The van der Waals surface area contributed by atoms with Gasteiger partial charge in [0, 0.05) is 24.1 Å². The molecule has 0 radical (unpaired) electrons. The van der Waals surface area contributed by atoms with Crippen LogP contribution >= 0.6 is 11.3 Å². The zero-order valence-electron chi connectivity index (χ0n) is 11.6. The van der Waals surface area contributed by atoms with E-state index in [4.69, 9.17) is 10.1 Å². The monoisotopic (exact) mass is 268 g/mol. The maximum atomic E-state index is 9.11. The number of nitrogens with zero attached hydrogens (tertiary/aromatic N) is 1. The second-order valence-corrected chi connectivity index (χ2v) is 6.82. The first-order valence-corrected chi connectivity index (χ1v) is 7.73. The molecule has 0 fully saturated rings. The predicted molar refractivity (Wildman–Crippen MR) is 75.9 cm³/mol. The van der Waals surface area contributed by atoms with E-state index in [1.54, 1.807) is 0 Å². The minimum absolute atomic E-state index is 0.236. The Labute approximate surface area is 114 Å². The van der Waals surface area contributed by atoms with Crippen LogP contribution in [-0.2, 0) is 19.4 Å². The SMILES string of the molecule is CC1CCc2nc(CNC(C)C(C)CO)sc2C1. The van der Waals surface area contributed by atoms with Crippen molar-refractivity contribution in [2.24, 2.45) is 11.8 Å². The molecule has 3 nitrogen and oxygen atoms in total. The van der Waals surface area contributed by atoms with E-state index in [9.17, 15) is 0 Å². The highest BCUT2D eigenvalue weighted by Gasteiger charge is 2.20. The molecule has 0 bridgehead atoms. The topological polar surface area (TPSA) is 45.2 Å². The van der Waals surface area contributed by atoms with Gasteiger partial charge in [0.15, 0.2) is 0 Å². The van der Waals surface area contributed by atoms with Gasteiger partial charge in [-0.05, 0) is 38.0 Å². The highest BCUT2D eigenvalue weighted by Crippen LogP contribution is 2.29. The molecule has 1 heterocycles. The summed E-state index contributed by atoms with van der Waals surface area (Å²) in [5.41, 5.74) is 1.33. The van der Waals surface area contributed by atoms with E-state index in [1.165, 1.54) is 28.4 Å². The number of aryl methyl sites for hydroxylation is 1. The van der Waals surface area contributed by atoms with Crippen molar-refractivity contribution in [1.29, 1.82) is 0 Å². The summed E-state index contributed by atoms with van der Waals surface area (Å²) in [7, 11) is 0. The lowest BCUT2D eigenvalue weighted by Gasteiger charge is -2.18. The van der Waals surface area contributed by atoms with Crippen LogP contribution in [0.5, 0.6) is 0 Å². The van der Waals surface area contributed by atoms with Gasteiger partial charge < -0.3 is 10.4 Å². The molecule has 1 aliphatic rings. The van der Waals surface area contributed by atoms with Crippen molar-refractivity contribution >= 4 is 11.3 Å². The Hall–Kier alpha value is -0.450. The molecule has 3 atom stereocenters. The van der Waals surface area contributed by atoms with Crippen molar-refractivity contribution < 1.29 is 5.11 Å². The van der Waals surface area contributed by atoms with Gasteiger partial charge in [-0.3, -0.25) is 0 Å². The average Bonchev–Trinajstić information content (AvgIpc) is 2.76. The zero-order valence-corrected chi connectivity index (χ0v) is 12.4. The molecule has 0 amide bonds. The van der Waals surface area contributed by atoms with Gasteiger partial charge in [-0.2, -0.15) is 0 Å². The van der Waals surface area contributed by atoms with Crippen molar-refractivity contribution in [2.45, 2.75) is 52.6 Å². The molecule has 2 N–H and O–H groups in total. The van der Waals surface area contributed by atoms with Gasteiger partial charge in [-0.1, -0.05) is 13.8 Å². The molecule has 3 unspecified atom stereocenters. The lowest BCUT2D eigenvalue weighted by Crippen LogP contribution is -2.33. The molecule has 0 saturated carbocycles. The summed E-state index contributed by atoms with van der Waals surface area (Å²) in [5, 5.41) is 13.8. The van der Waals surface area contributed by atoms with E-state index in [0.717, 1.165) is 18.9 Å². The lowest BCUT2D eigenvalue weighted by atomic mass is 9.93. The molecular formula is C14H24N2OS. The minimum Gasteiger partial charge on any atom is -0.396 e. The van der Waals surface area contributed by atoms with E-state index in [2.05, 4.69) is 26.1 Å². The van der Waals surface area contributed by atoms with Crippen LogP contribution in [0.2, 0.25) is 0 Å². The molecule has 0 aliphatic heterocycles. The average molecular weight is 268 g/mol. The van der Waals surface area contributed by atoms with Crippen molar-refractivity contribution in [3.05, 3.63) is 15.6 Å². The summed E-state index contributed by atoms with van der Waals surface area (Å²) in [5.74, 6) is 1.10. The van der Waals surface area contributed by atoms with Crippen LogP contribution in [0.3, 0.4) is 0 Å². The second kappa shape index (κ2) is 6.13. The van der Waals surface area contributed by atoms with Crippen LogP contribution in [0.25, 0.3) is 0 Å². The number of hydrogen-bond acceptors (Lipinski definition) is 4. The van der Waals surface area contributed by atoms with Gasteiger partial charge in [0.1, 0.15) is 5.01 Å². The van der Waals surface area contributed by atoms with Crippen LogP contribution in [0.4, 0.5) is 0 Å². The zero-order chi connectivity index (χ0) is 13.1. The third-order valence-corrected chi connectivity index (χ3v) is 5.07. The Bertz CT molecular complexity index is 391. The minimum atomic E-state index is 0.236. The fourth-order valence-corrected chi connectivity index (χ4v) is 3.51. The Morgan fingerprint density at radius 2 is 2.28 bits per heavy atom. The summed E-state index contributed by atoms with van der Waals surface area (Å²) in [6.45, 7) is 7.58. The number of aliphatic hydroxyl groups is 1. The van der Waals surface area contributed by atoms with Gasteiger partial charge >= 0.3 is 0 Å². The first-order chi connectivity index (χ1) is 8.60. The largest absolute Gasteiger partial charge is 0.396 e. The van der Waals surface area contributed by atoms with Gasteiger partial charge in [0.05, 0.1) is 5.69 Å². The van der Waals surface area contributed by atoms with Gasteiger partial charge in [0.25, 0.3) is 0 Å². The van der Waals surface area contributed by atoms with Crippen molar-refractivity contribution in [3.63, 3.8) is 0 Å². The Balaban J connectivity index is 1.91. The molecule has 0 aromatic carbocycles. The first-order valence-electron chi connectivity index (χ1n) is 6.91. The molecule has 2 rings (SSSR count). The van der Waals surface area contributed by atoms with Crippen LogP contribution in [-0.4, -0.2) is 22.7 Å². The van der Waals surface area contributed by atoms with Crippen LogP contribution < -0.4 is 5.32 Å².